The highest BCUT2D eigenvalue weighted by Gasteiger charge is 2.12. The Labute approximate surface area is 108 Å². The van der Waals surface area contributed by atoms with Crippen molar-refractivity contribution in [1.82, 2.24) is 9.78 Å². The number of para-hydroxylation sites is 1. The third-order valence-corrected chi connectivity index (χ3v) is 2.54. The Morgan fingerprint density at radius 1 is 1.50 bits per heavy atom. The van der Waals surface area contributed by atoms with E-state index in [0.717, 1.165) is 0 Å². The van der Waals surface area contributed by atoms with E-state index < -0.39 is 5.82 Å². The van der Waals surface area contributed by atoms with Crippen LogP contribution in [0, 0.1) is 12.7 Å². The van der Waals surface area contributed by atoms with Gasteiger partial charge >= 0.3 is 0 Å². The van der Waals surface area contributed by atoms with Crippen molar-refractivity contribution in [2.45, 2.75) is 6.92 Å². The molecule has 0 aliphatic rings. The number of anilines is 1. The number of nitrogens with one attached hydrogen (secondary N) is 1. The summed E-state index contributed by atoms with van der Waals surface area (Å²) in [5.41, 5.74) is 0.943. The number of benzene rings is 1. The van der Waals surface area contributed by atoms with Gasteiger partial charge in [-0.1, -0.05) is 12.1 Å². The Hall–Kier alpha value is -1.88. The number of hydrogen-bond donors (Lipinski definition) is 1. The number of halogens is 2. The number of rotatable bonds is 3. The molecule has 0 aliphatic heterocycles. The molecule has 0 fully saturated rings. The third-order valence-electron chi connectivity index (χ3n) is 2.30. The zero-order valence-corrected chi connectivity index (χ0v) is 10.4. The molecule has 0 spiro atoms. The van der Waals surface area contributed by atoms with E-state index >= 15 is 0 Å². The summed E-state index contributed by atoms with van der Waals surface area (Å²) in [5, 5.41) is 6.72. The van der Waals surface area contributed by atoms with Gasteiger partial charge in [-0.05, 0) is 19.1 Å². The molecule has 1 heterocycles. The van der Waals surface area contributed by atoms with Crippen LogP contribution >= 0.6 is 11.6 Å². The van der Waals surface area contributed by atoms with E-state index in [1.807, 2.05) is 0 Å². The van der Waals surface area contributed by atoms with Gasteiger partial charge in [0.1, 0.15) is 23.2 Å². The monoisotopic (exact) mass is 267 g/mol. The van der Waals surface area contributed by atoms with Crippen molar-refractivity contribution in [3.63, 3.8) is 0 Å². The normalized spacial score (nSPS) is 10.4. The molecule has 0 radical (unpaired) electrons. The summed E-state index contributed by atoms with van der Waals surface area (Å²) >= 11 is 5.42. The topological polar surface area (TPSA) is 46.9 Å². The molecule has 1 N–H and O–H groups in total. The van der Waals surface area contributed by atoms with Crippen LogP contribution in [0.4, 0.5) is 10.2 Å². The second-order valence-electron chi connectivity index (χ2n) is 3.72. The molecule has 94 valence electrons. The molecular formula is C12H11ClFN3O. The van der Waals surface area contributed by atoms with Gasteiger partial charge in [0.15, 0.2) is 0 Å². The number of alkyl halides is 1. The summed E-state index contributed by atoms with van der Waals surface area (Å²) < 4.78 is 15.0. The molecule has 0 saturated carbocycles. The van der Waals surface area contributed by atoms with Crippen molar-refractivity contribution in [2.75, 3.05) is 11.2 Å². The first kappa shape index (κ1) is 12.6. The maximum atomic E-state index is 13.7. The zero-order valence-electron chi connectivity index (χ0n) is 9.65. The fourth-order valence-electron chi connectivity index (χ4n) is 1.57. The highest BCUT2D eigenvalue weighted by atomic mass is 35.5. The Morgan fingerprint density at radius 3 is 2.89 bits per heavy atom. The second-order valence-corrected chi connectivity index (χ2v) is 3.98. The summed E-state index contributed by atoms with van der Waals surface area (Å²) in [6.45, 7) is 1.76. The summed E-state index contributed by atoms with van der Waals surface area (Å²) in [6.07, 6.45) is 0. The standard InChI is InChI=1S/C12H11ClFN3O/c1-8-6-11(15-12(18)7-13)17(16-8)10-5-3-2-4-9(10)14/h2-6H,7H2,1H3,(H,15,18). The molecule has 0 bridgehead atoms. The van der Waals surface area contributed by atoms with Gasteiger partial charge in [0.25, 0.3) is 0 Å². The second kappa shape index (κ2) is 5.18. The van der Waals surface area contributed by atoms with Gasteiger partial charge in [0, 0.05) is 6.07 Å². The van der Waals surface area contributed by atoms with E-state index in [4.69, 9.17) is 11.6 Å². The van der Waals surface area contributed by atoms with Gasteiger partial charge in [0.05, 0.1) is 5.69 Å². The van der Waals surface area contributed by atoms with Crippen LogP contribution in [-0.2, 0) is 4.79 Å². The van der Waals surface area contributed by atoms with Gasteiger partial charge < -0.3 is 5.32 Å². The van der Waals surface area contributed by atoms with Crippen LogP contribution in [0.15, 0.2) is 30.3 Å². The van der Waals surface area contributed by atoms with Crippen LogP contribution in [0.2, 0.25) is 0 Å². The van der Waals surface area contributed by atoms with Crippen molar-refractivity contribution in [3.8, 4) is 5.69 Å². The highest BCUT2D eigenvalue weighted by molar-refractivity contribution is 6.29. The van der Waals surface area contributed by atoms with Gasteiger partial charge in [-0.3, -0.25) is 4.79 Å². The summed E-state index contributed by atoms with van der Waals surface area (Å²) in [7, 11) is 0. The minimum absolute atomic E-state index is 0.165. The number of aryl methyl sites for hydroxylation is 1. The fourth-order valence-corrected chi connectivity index (χ4v) is 1.64. The van der Waals surface area contributed by atoms with Crippen molar-refractivity contribution in [3.05, 3.63) is 41.8 Å². The average Bonchev–Trinajstić information content (AvgIpc) is 2.70. The number of amides is 1. The molecule has 1 aromatic heterocycles. The van der Waals surface area contributed by atoms with Crippen LogP contribution in [0.3, 0.4) is 0 Å². The van der Waals surface area contributed by atoms with Crippen LogP contribution < -0.4 is 5.32 Å². The molecule has 2 rings (SSSR count). The molecule has 6 heteroatoms. The summed E-state index contributed by atoms with van der Waals surface area (Å²) in [5.74, 6) is -0.555. The molecular weight excluding hydrogens is 257 g/mol. The molecule has 1 amide bonds. The van der Waals surface area contributed by atoms with E-state index in [0.29, 0.717) is 11.5 Å². The lowest BCUT2D eigenvalue weighted by molar-refractivity contribution is -0.114. The smallest absolute Gasteiger partial charge is 0.240 e. The van der Waals surface area contributed by atoms with Crippen molar-refractivity contribution in [2.24, 2.45) is 0 Å². The number of nitrogens with zero attached hydrogens (tertiary/aromatic N) is 2. The SMILES string of the molecule is Cc1cc(NC(=O)CCl)n(-c2ccccc2F)n1. The third kappa shape index (κ3) is 2.51. The minimum atomic E-state index is -0.415. The maximum Gasteiger partial charge on any atom is 0.240 e. The molecule has 0 atom stereocenters. The molecule has 0 saturated heterocycles. The van der Waals surface area contributed by atoms with Gasteiger partial charge in [-0.2, -0.15) is 5.10 Å². The van der Waals surface area contributed by atoms with Gasteiger partial charge in [-0.25, -0.2) is 9.07 Å². The molecule has 0 unspecified atom stereocenters. The van der Waals surface area contributed by atoms with Gasteiger partial charge in [-0.15, -0.1) is 11.6 Å². The largest absolute Gasteiger partial charge is 0.310 e. The van der Waals surface area contributed by atoms with E-state index in [1.54, 1.807) is 31.2 Å². The average molecular weight is 268 g/mol. The lowest BCUT2D eigenvalue weighted by atomic mass is 10.3. The molecule has 4 nitrogen and oxygen atoms in total. The van der Waals surface area contributed by atoms with Crippen molar-refractivity contribution < 1.29 is 9.18 Å². The van der Waals surface area contributed by atoms with Crippen molar-refractivity contribution >= 4 is 23.3 Å². The predicted octanol–water partition coefficient (Wildman–Crippen LogP) is 2.50. The quantitative estimate of drug-likeness (QED) is 0.869. The number of hydrogen-bond acceptors (Lipinski definition) is 2. The summed E-state index contributed by atoms with van der Waals surface area (Å²) in [6, 6.07) is 7.85. The van der Waals surface area contributed by atoms with E-state index in [2.05, 4.69) is 10.4 Å². The van der Waals surface area contributed by atoms with E-state index in [9.17, 15) is 9.18 Å². The summed E-state index contributed by atoms with van der Waals surface area (Å²) in [4.78, 5) is 11.3. The predicted molar refractivity (Wildman–Crippen MR) is 67.6 cm³/mol. The Morgan fingerprint density at radius 2 is 2.22 bits per heavy atom. The lowest BCUT2D eigenvalue weighted by Gasteiger charge is -2.08. The highest BCUT2D eigenvalue weighted by Crippen LogP contribution is 2.19. The van der Waals surface area contributed by atoms with Gasteiger partial charge in [0.2, 0.25) is 5.91 Å². The maximum absolute atomic E-state index is 13.7. The van der Waals surface area contributed by atoms with Crippen LogP contribution in [0.25, 0.3) is 5.69 Å². The first-order valence-electron chi connectivity index (χ1n) is 5.29. The first-order chi connectivity index (χ1) is 8.61. The first-order valence-corrected chi connectivity index (χ1v) is 5.82. The minimum Gasteiger partial charge on any atom is -0.310 e. The zero-order chi connectivity index (χ0) is 13.1. The van der Waals surface area contributed by atoms with Crippen molar-refractivity contribution in [1.29, 1.82) is 0 Å². The van der Waals surface area contributed by atoms with Crippen LogP contribution in [-0.4, -0.2) is 21.6 Å². The number of carbonyl (C=O) groups excluding carboxylic acids is 1. The molecule has 0 aliphatic carbocycles. The molecule has 1 aromatic carbocycles. The Bertz CT molecular complexity index is 582. The number of carbonyl (C=O) groups is 1. The van der Waals surface area contributed by atoms with Crippen LogP contribution in [0.1, 0.15) is 5.69 Å². The fraction of sp³-hybridized carbons (Fsp3) is 0.167. The molecule has 2 aromatic rings. The molecule has 18 heavy (non-hydrogen) atoms. The number of aromatic nitrogens is 2. The lowest BCUT2D eigenvalue weighted by Crippen LogP contribution is -2.16. The van der Waals surface area contributed by atoms with Crippen LogP contribution in [0.5, 0.6) is 0 Å². The Kier molecular flexibility index (Phi) is 3.62. The van der Waals surface area contributed by atoms with E-state index in [-0.39, 0.29) is 17.5 Å². The Balaban J connectivity index is 2.45. The van der Waals surface area contributed by atoms with E-state index in [1.165, 1.54) is 10.7 Å².